The molecule has 0 unspecified atom stereocenters. The standard InChI is InChI=1S/C14H16ClF2NO3/c1-4-14(2,3)18-12(19)7-21-13(20)8-5-10(16)11(17)6-9(8)15/h5-6H,4,7H2,1-3H3,(H,18,19). The largest absolute Gasteiger partial charge is 0.452 e. The van der Waals surface area contributed by atoms with Crippen LogP contribution < -0.4 is 5.32 Å². The number of hydrogen-bond donors (Lipinski definition) is 1. The third-order valence-corrected chi connectivity index (χ3v) is 3.24. The Kier molecular flexibility index (Phi) is 5.66. The van der Waals surface area contributed by atoms with Crippen molar-refractivity contribution in [1.82, 2.24) is 5.32 Å². The van der Waals surface area contributed by atoms with Gasteiger partial charge in [0.1, 0.15) is 0 Å². The molecule has 0 fully saturated rings. The summed E-state index contributed by atoms with van der Waals surface area (Å²) in [5.41, 5.74) is -0.763. The summed E-state index contributed by atoms with van der Waals surface area (Å²) in [6, 6.07) is 1.31. The molecule has 116 valence electrons. The van der Waals surface area contributed by atoms with E-state index in [0.717, 1.165) is 0 Å². The fourth-order valence-electron chi connectivity index (χ4n) is 1.39. The number of halogens is 3. The highest BCUT2D eigenvalue weighted by Gasteiger charge is 2.20. The average molecular weight is 320 g/mol. The first-order valence-electron chi connectivity index (χ1n) is 6.29. The lowest BCUT2D eigenvalue weighted by atomic mass is 10.0. The number of amides is 1. The van der Waals surface area contributed by atoms with Crippen LogP contribution in [0, 0.1) is 11.6 Å². The first kappa shape index (κ1) is 17.4. The maximum Gasteiger partial charge on any atom is 0.340 e. The number of carbonyl (C=O) groups excluding carboxylic acids is 2. The molecule has 1 aromatic rings. The summed E-state index contributed by atoms with van der Waals surface area (Å²) in [5.74, 6) is -3.88. The summed E-state index contributed by atoms with van der Waals surface area (Å²) in [6.07, 6.45) is 0.696. The number of carbonyl (C=O) groups is 2. The minimum Gasteiger partial charge on any atom is -0.452 e. The molecule has 0 aliphatic carbocycles. The highest BCUT2D eigenvalue weighted by molar-refractivity contribution is 6.33. The molecule has 1 rings (SSSR count). The Morgan fingerprint density at radius 1 is 1.29 bits per heavy atom. The summed E-state index contributed by atoms with van der Waals surface area (Å²) in [5, 5.41) is 2.38. The zero-order chi connectivity index (χ0) is 16.2. The third kappa shape index (κ3) is 4.97. The molecule has 4 nitrogen and oxygen atoms in total. The van der Waals surface area contributed by atoms with E-state index in [1.165, 1.54) is 0 Å². The number of benzene rings is 1. The molecule has 0 heterocycles. The van der Waals surface area contributed by atoms with Gasteiger partial charge in [-0.05, 0) is 32.4 Å². The van der Waals surface area contributed by atoms with Crippen LogP contribution in [0.25, 0.3) is 0 Å². The molecule has 0 aliphatic heterocycles. The molecule has 0 bridgehead atoms. The molecular formula is C14H16ClF2NO3. The summed E-state index contributed by atoms with van der Waals surface area (Å²) >= 11 is 5.63. The topological polar surface area (TPSA) is 55.4 Å². The van der Waals surface area contributed by atoms with E-state index < -0.39 is 35.7 Å². The first-order chi connectivity index (χ1) is 9.66. The van der Waals surface area contributed by atoms with Crippen molar-refractivity contribution in [3.63, 3.8) is 0 Å². The fraction of sp³-hybridized carbons (Fsp3) is 0.429. The van der Waals surface area contributed by atoms with Gasteiger partial charge < -0.3 is 10.1 Å². The molecule has 0 atom stereocenters. The van der Waals surface area contributed by atoms with Crippen molar-refractivity contribution in [2.24, 2.45) is 0 Å². The van der Waals surface area contributed by atoms with Gasteiger partial charge in [-0.15, -0.1) is 0 Å². The van der Waals surface area contributed by atoms with Gasteiger partial charge in [-0.3, -0.25) is 4.79 Å². The first-order valence-corrected chi connectivity index (χ1v) is 6.66. The van der Waals surface area contributed by atoms with Gasteiger partial charge in [0.05, 0.1) is 10.6 Å². The minimum atomic E-state index is -1.22. The minimum absolute atomic E-state index is 0.284. The second-order valence-electron chi connectivity index (χ2n) is 5.11. The van der Waals surface area contributed by atoms with Crippen LogP contribution in [0.5, 0.6) is 0 Å². The Morgan fingerprint density at radius 3 is 2.43 bits per heavy atom. The summed E-state index contributed by atoms with van der Waals surface area (Å²) < 4.78 is 30.7. The van der Waals surface area contributed by atoms with Gasteiger partial charge in [0.2, 0.25) is 0 Å². The van der Waals surface area contributed by atoms with E-state index in [9.17, 15) is 18.4 Å². The van der Waals surface area contributed by atoms with Crippen LogP contribution in [0.1, 0.15) is 37.6 Å². The number of hydrogen-bond acceptors (Lipinski definition) is 3. The van der Waals surface area contributed by atoms with Crippen LogP contribution in [0.15, 0.2) is 12.1 Å². The van der Waals surface area contributed by atoms with Gasteiger partial charge in [0.25, 0.3) is 5.91 Å². The summed E-state index contributed by atoms with van der Waals surface area (Å²) in [4.78, 5) is 23.3. The summed E-state index contributed by atoms with van der Waals surface area (Å²) in [7, 11) is 0. The van der Waals surface area contributed by atoms with Crippen LogP contribution in [0.3, 0.4) is 0 Å². The smallest absolute Gasteiger partial charge is 0.340 e. The summed E-state index contributed by atoms with van der Waals surface area (Å²) in [6.45, 7) is 5.00. The van der Waals surface area contributed by atoms with Gasteiger partial charge in [-0.25, -0.2) is 13.6 Å². The predicted octanol–water partition coefficient (Wildman–Crippen LogP) is 3.08. The SMILES string of the molecule is CCC(C)(C)NC(=O)COC(=O)c1cc(F)c(F)cc1Cl. The normalized spacial score (nSPS) is 11.1. The van der Waals surface area contributed by atoms with Gasteiger partial charge >= 0.3 is 5.97 Å². The van der Waals surface area contributed by atoms with E-state index in [0.29, 0.717) is 18.6 Å². The van der Waals surface area contributed by atoms with Gasteiger partial charge in [0, 0.05) is 5.54 Å². The van der Waals surface area contributed by atoms with E-state index in [2.05, 4.69) is 5.32 Å². The molecule has 1 aromatic carbocycles. The third-order valence-electron chi connectivity index (χ3n) is 2.93. The fourth-order valence-corrected chi connectivity index (χ4v) is 1.62. The van der Waals surface area contributed by atoms with Crippen LogP contribution in [-0.4, -0.2) is 24.0 Å². The number of nitrogens with one attached hydrogen (secondary N) is 1. The zero-order valence-electron chi connectivity index (χ0n) is 11.9. The molecular weight excluding hydrogens is 304 g/mol. The Labute approximate surface area is 126 Å². The van der Waals surface area contributed by atoms with E-state index in [-0.39, 0.29) is 10.6 Å². The monoisotopic (exact) mass is 319 g/mol. The molecule has 0 radical (unpaired) electrons. The number of esters is 1. The molecule has 1 N–H and O–H groups in total. The quantitative estimate of drug-likeness (QED) is 0.670. The van der Waals surface area contributed by atoms with E-state index in [1.54, 1.807) is 0 Å². The molecule has 0 spiro atoms. The molecule has 0 aliphatic rings. The number of rotatable bonds is 5. The Bertz CT molecular complexity index is 561. The highest BCUT2D eigenvalue weighted by Crippen LogP contribution is 2.20. The second-order valence-corrected chi connectivity index (χ2v) is 5.52. The molecule has 0 saturated carbocycles. The second kappa shape index (κ2) is 6.85. The molecule has 7 heteroatoms. The molecule has 21 heavy (non-hydrogen) atoms. The Morgan fingerprint density at radius 2 is 1.86 bits per heavy atom. The highest BCUT2D eigenvalue weighted by atomic mass is 35.5. The molecule has 0 aromatic heterocycles. The van der Waals surface area contributed by atoms with Gasteiger partial charge in [0.15, 0.2) is 18.2 Å². The average Bonchev–Trinajstić information content (AvgIpc) is 2.39. The lowest BCUT2D eigenvalue weighted by Crippen LogP contribution is -2.44. The lowest BCUT2D eigenvalue weighted by Gasteiger charge is -2.24. The van der Waals surface area contributed by atoms with Crippen molar-refractivity contribution < 1.29 is 23.1 Å². The van der Waals surface area contributed by atoms with Crippen molar-refractivity contribution in [2.45, 2.75) is 32.7 Å². The van der Waals surface area contributed by atoms with E-state index in [1.807, 2.05) is 20.8 Å². The molecule has 0 saturated heterocycles. The number of ether oxygens (including phenoxy) is 1. The van der Waals surface area contributed by atoms with Crippen molar-refractivity contribution in [1.29, 1.82) is 0 Å². The molecule has 1 amide bonds. The lowest BCUT2D eigenvalue weighted by molar-refractivity contribution is -0.125. The maximum absolute atomic E-state index is 13.1. The van der Waals surface area contributed by atoms with Crippen molar-refractivity contribution >= 4 is 23.5 Å². The van der Waals surface area contributed by atoms with Gasteiger partial charge in [-0.2, -0.15) is 0 Å². The van der Waals surface area contributed by atoms with Crippen LogP contribution in [-0.2, 0) is 9.53 Å². The van der Waals surface area contributed by atoms with Crippen molar-refractivity contribution in [3.8, 4) is 0 Å². The Balaban J connectivity index is 2.67. The van der Waals surface area contributed by atoms with Crippen LogP contribution in [0.2, 0.25) is 5.02 Å². The van der Waals surface area contributed by atoms with Crippen molar-refractivity contribution in [2.75, 3.05) is 6.61 Å². The van der Waals surface area contributed by atoms with Crippen LogP contribution in [0.4, 0.5) is 8.78 Å². The zero-order valence-corrected chi connectivity index (χ0v) is 12.7. The van der Waals surface area contributed by atoms with E-state index in [4.69, 9.17) is 16.3 Å². The van der Waals surface area contributed by atoms with Gasteiger partial charge in [-0.1, -0.05) is 18.5 Å². The maximum atomic E-state index is 13.1. The van der Waals surface area contributed by atoms with E-state index >= 15 is 0 Å². The Hall–Kier alpha value is -1.69. The van der Waals surface area contributed by atoms with Crippen molar-refractivity contribution in [3.05, 3.63) is 34.4 Å². The van der Waals surface area contributed by atoms with Crippen LogP contribution >= 0.6 is 11.6 Å². The predicted molar refractivity (Wildman–Crippen MR) is 74.2 cm³/mol.